The molecule has 3 aromatic heterocycles. The molecule has 4 rings (SSSR count). The topological polar surface area (TPSA) is 79.8 Å². The van der Waals surface area contributed by atoms with Crippen molar-refractivity contribution in [3.63, 3.8) is 0 Å². The van der Waals surface area contributed by atoms with E-state index in [4.69, 9.17) is 0 Å². The molecule has 128 valence electrons. The third-order valence-corrected chi connectivity index (χ3v) is 4.62. The molecular weight excluding hydrogens is 346 g/mol. The Morgan fingerprint density at radius 1 is 0.962 bits per heavy atom. The number of nitrogens with zero attached hydrogens (tertiary/aromatic N) is 3. The van der Waals surface area contributed by atoms with Crippen LogP contribution in [-0.2, 0) is 11.2 Å². The van der Waals surface area contributed by atoms with Crippen molar-refractivity contribution in [2.24, 2.45) is 0 Å². The molecule has 26 heavy (non-hydrogen) atoms. The third-order valence-electron chi connectivity index (χ3n) is 3.74. The number of nitrogens with one attached hydrogen (secondary N) is 2. The Morgan fingerprint density at radius 2 is 1.81 bits per heavy atom. The molecule has 7 heteroatoms. The largest absolute Gasteiger partial charge is 0.337 e. The Balaban J connectivity index is 1.45. The summed E-state index contributed by atoms with van der Waals surface area (Å²) in [5.41, 5.74) is 1.72. The lowest BCUT2D eigenvalue weighted by Gasteiger charge is -2.08. The van der Waals surface area contributed by atoms with Gasteiger partial charge in [0.25, 0.3) is 0 Å². The summed E-state index contributed by atoms with van der Waals surface area (Å²) in [5, 5.41) is 17.2. The number of aromatic nitrogens is 3. The molecule has 3 heterocycles. The molecule has 1 amide bonds. The van der Waals surface area contributed by atoms with Crippen molar-refractivity contribution < 1.29 is 4.79 Å². The highest BCUT2D eigenvalue weighted by molar-refractivity contribution is 7.10. The Hall–Kier alpha value is -3.32. The maximum absolute atomic E-state index is 12.0. The number of rotatable bonds is 5. The lowest BCUT2D eigenvalue weighted by atomic mass is 10.2. The lowest BCUT2D eigenvalue weighted by molar-refractivity contribution is -0.115. The van der Waals surface area contributed by atoms with Crippen molar-refractivity contribution in [2.75, 3.05) is 10.6 Å². The molecule has 2 N–H and O–H groups in total. The predicted molar refractivity (Wildman–Crippen MR) is 104 cm³/mol. The zero-order chi connectivity index (χ0) is 17.8. The summed E-state index contributed by atoms with van der Waals surface area (Å²) in [5.74, 6) is 0.897. The average molecular weight is 361 g/mol. The summed E-state index contributed by atoms with van der Waals surface area (Å²) in [6.45, 7) is 0. The van der Waals surface area contributed by atoms with Crippen molar-refractivity contribution >= 4 is 45.5 Å². The molecule has 0 spiro atoms. The molecule has 0 saturated heterocycles. The van der Waals surface area contributed by atoms with E-state index in [1.807, 2.05) is 47.8 Å². The molecule has 0 saturated carbocycles. The van der Waals surface area contributed by atoms with Gasteiger partial charge in [0.1, 0.15) is 0 Å². The maximum Gasteiger partial charge on any atom is 0.230 e. The molecular formula is C19H15N5OS. The minimum absolute atomic E-state index is 0.110. The quantitative estimate of drug-likeness (QED) is 0.561. The van der Waals surface area contributed by atoms with E-state index in [9.17, 15) is 4.79 Å². The summed E-state index contributed by atoms with van der Waals surface area (Å²) < 4.78 is 0. The second kappa shape index (κ2) is 7.28. The van der Waals surface area contributed by atoms with Crippen molar-refractivity contribution in [1.82, 2.24) is 15.2 Å². The van der Waals surface area contributed by atoms with E-state index >= 15 is 0 Å². The summed E-state index contributed by atoms with van der Waals surface area (Å²) in [6.07, 6.45) is 2.09. The lowest BCUT2D eigenvalue weighted by Crippen LogP contribution is -2.15. The van der Waals surface area contributed by atoms with Crippen LogP contribution in [0, 0.1) is 0 Å². The summed E-state index contributed by atoms with van der Waals surface area (Å²) in [4.78, 5) is 17.4. The molecule has 6 nitrogen and oxygen atoms in total. The molecule has 0 fully saturated rings. The summed E-state index contributed by atoms with van der Waals surface area (Å²) in [7, 11) is 0. The predicted octanol–water partition coefficient (Wildman–Crippen LogP) is 4.01. The number of hydrogen-bond acceptors (Lipinski definition) is 6. The first-order valence-corrected chi connectivity index (χ1v) is 8.93. The van der Waals surface area contributed by atoms with Crippen molar-refractivity contribution in [3.8, 4) is 0 Å². The molecule has 0 atom stereocenters. The number of amides is 1. The molecule has 0 unspecified atom stereocenters. The first-order valence-electron chi connectivity index (χ1n) is 8.05. The van der Waals surface area contributed by atoms with Crippen LogP contribution in [-0.4, -0.2) is 21.1 Å². The Labute approximate surface area is 153 Å². The van der Waals surface area contributed by atoms with Crippen LogP contribution < -0.4 is 10.6 Å². The van der Waals surface area contributed by atoms with Gasteiger partial charge < -0.3 is 10.6 Å². The fraction of sp³-hybridized carbons (Fsp3) is 0.0526. The van der Waals surface area contributed by atoms with Crippen LogP contribution in [0.5, 0.6) is 0 Å². The zero-order valence-electron chi connectivity index (χ0n) is 13.7. The van der Waals surface area contributed by atoms with Crippen molar-refractivity contribution in [3.05, 3.63) is 71.1 Å². The SMILES string of the molecule is O=C(Cc1cccs1)Nc1ccc(Nc2cccc3cccnc23)nn1. The first-order chi connectivity index (χ1) is 12.8. The number of para-hydroxylation sites is 1. The van der Waals surface area contributed by atoms with E-state index in [1.54, 1.807) is 29.7 Å². The molecule has 0 aliphatic carbocycles. The normalized spacial score (nSPS) is 10.6. The highest BCUT2D eigenvalue weighted by Crippen LogP contribution is 2.23. The van der Waals surface area contributed by atoms with Crippen LogP contribution in [0.1, 0.15) is 4.88 Å². The highest BCUT2D eigenvalue weighted by Gasteiger charge is 2.07. The number of anilines is 3. The fourth-order valence-electron chi connectivity index (χ4n) is 2.57. The second-order valence-electron chi connectivity index (χ2n) is 5.61. The van der Waals surface area contributed by atoms with Crippen LogP contribution in [0.3, 0.4) is 0 Å². The van der Waals surface area contributed by atoms with Crippen molar-refractivity contribution in [1.29, 1.82) is 0 Å². The van der Waals surface area contributed by atoms with Gasteiger partial charge in [0.2, 0.25) is 5.91 Å². The van der Waals surface area contributed by atoms with Crippen LogP contribution >= 0.6 is 11.3 Å². The molecule has 4 aromatic rings. The summed E-state index contributed by atoms with van der Waals surface area (Å²) in [6, 6.07) is 17.2. The minimum atomic E-state index is -0.110. The van der Waals surface area contributed by atoms with Crippen LogP contribution in [0.4, 0.5) is 17.3 Å². The van der Waals surface area contributed by atoms with Gasteiger partial charge >= 0.3 is 0 Å². The molecule has 0 bridgehead atoms. The van der Waals surface area contributed by atoms with Crippen LogP contribution in [0.25, 0.3) is 10.9 Å². The Bertz CT molecular complexity index is 1030. The zero-order valence-corrected chi connectivity index (χ0v) is 14.5. The number of benzene rings is 1. The van der Waals surface area contributed by atoms with E-state index in [-0.39, 0.29) is 5.91 Å². The number of hydrogen-bond donors (Lipinski definition) is 2. The molecule has 0 aliphatic rings. The number of pyridine rings is 1. The second-order valence-corrected chi connectivity index (χ2v) is 6.65. The summed E-state index contributed by atoms with van der Waals surface area (Å²) >= 11 is 1.55. The molecule has 0 radical (unpaired) electrons. The minimum Gasteiger partial charge on any atom is -0.337 e. The maximum atomic E-state index is 12.0. The van der Waals surface area contributed by atoms with E-state index in [1.165, 1.54) is 0 Å². The number of thiophene rings is 1. The average Bonchev–Trinajstić information content (AvgIpc) is 3.16. The van der Waals surface area contributed by atoms with Gasteiger partial charge in [-0.2, -0.15) is 0 Å². The van der Waals surface area contributed by atoms with Gasteiger partial charge in [-0.05, 0) is 35.7 Å². The first kappa shape index (κ1) is 16.2. The van der Waals surface area contributed by atoms with Crippen LogP contribution in [0.15, 0.2) is 66.2 Å². The smallest absolute Gasteiger partial charge is 0.230 e. The van der Waals surface area contributed by atoms with E-state index in [2.05, 4.69) is 25.8 Å². The monoisotopic (exact) mass is 361 g/mol. The molecule has 1 aromatic carbocycles. The third kappa shape index (κ3) is 3.68. The fourth-order valence-corrected chi connectivity index (χ4v) is 3.27. The van der Waals surface area contributed by atoms with Gasteiger partial charge in [0, 0.05) is 16.5 Å². The van der Waals surface area contributed by atoms with Crippen LogP contribution in [0.2, 0.25) is 0 Å². The van der Waals surface area contributed by atoms with Gasteiger partial charge in [-0.3, -0.25) is 9.78 Å². The number of carbonyl (C=O) groups is 1. The van der Waals surface area contributed by atoms with E-state index in [0.717, 1.165) is 21.5 Å². The number of carbonyl (C=O) groups excluding carboxylic acids is 1. The van der Waals surface area contributed by atoms with Gasteiger partial charge in [-0.1, -0.05) is 24.3 Å². The van der Waals surface area contributed by atoms with Gasteiger partial charge in [0.15, 0.2) is 11.6 Å². The highest BCUT2D eigenvalue weighted by atomic mass is 32.1. The number of fused-ring (bicyclic) bond motifs is 1. The van der Waals surface area contributed by atoms with E-state index in [0.29, 0.717) is 18.1 Å². The van der Waals surface area contributed by atoms with Gasteiger partial charge in [-0.25, -0.2) is 0 Å². The van der Waals surface area contributed by atoms with Crippen molar-refractivity contribution in [2.45, 2.75) is 6.42 Å². The molecule has 0 aliphatic heterocycles. The standard InChI is InChI=1S/C19H15N5OS/c25-18(12-14-6-3-11-26-14)22-17-9-8-16(23-24-17)21-15-7-1-4-13-5-2-10-20-19(13)15/h1-11H,12H2,(H,21,23)(H,22,24,25). The van der Waals surface area contributed by atoms with Gasteiger partial charge in [-0.15, -0.1) is 21.5 Å². The van der Waals surface area contributed by atoms with Gasteiger partial charge in [0.05, 0.1) is 17.6 Å². The Morgan fingerprint density at radius 3 is 2.62 bits per heavy atom. The van der Waals surface area contributed by atoms with E-state index < -0.39 is 0 Å². The Kier molecular flexibility index (Phi) is 4.53.